The summed E-state index contributed by atoms with van der Waals surface area (Å²) in [7, 11) is 0. The normalized spacial score (nSPS) is 14.6. The van der Waals surface area contributed by atoms with E-state index >= 15 is 0 Å². The maximum atomic E-state index is 11.1. The van der Waals surface area contributed by atoms with Gasteiger partial charge in [0.2, 0.25) is 0 Å². The minimum Gasteiger partial charge on any atom is -0.481 e. The molecule has 1 fully saturated rings. The molecule has 184 valence electrons. The molecule has 1 saturated heterocycles. The third-order valence-corrected chi connectivity index (χ3v) is 4.49. The van der Waals surface area contributed by atoms with Crippen LogP contribution < -0.4 is 0 Å². The molecule has 1 rings (SSSR count). The zero-order valence-electron chi connectivity index (χ0n) is 21.2. The number of allylic oxidation sites excluding steroid dienone is 1. The molecule has 0 aliphatic carbocycles. The molecule has 1 heterocycles. The molecule has 0 radical (unpaired) electrons. The largest absolute Gasteiger partial charge is 0.481 e. The van der Waals surface area contributed by atoms with Gasteiger partial charge in [0.25, 0.3) is 0 Å². The van der Waals surface area contributed by atoms with Gasteiger partial charge in [-0.3, -0.25) is 14.4 Å². The third kappa shape index (κ3) is 26.3. The Labute approximate surface area is 192 Å². The minimum absolute atomic E-state index is 0.147. The molecule has 5 nitrogen and oxygen atoms in total. The SMILES string of the molecule is CC.CC.CCCCCCCCC.O=C(O)CCCCCC/C=C\C1CC(=O)OC1=O. The average Bonchev–Trinajstić information content (AvgIpc) is 3.10. The molecule has 0 bridgehead atoms. The monoisotopic (exact) mass is 442 g/mol. The highest BCUT2D eigenvalue weighted by Crippen LogP contribution is 2.17. The molecule has 0 spiro atoms. The highest BCUT2D eigenvalue weighted by Gasteiger charge is 2.30. The Morgan fingerprint density at radius 1 is 0.871 bits per heavy atom. The van der Waals surface area contributed by atoms with E-state index in [0.717, 1.165) is 25.7 Å². The van der Waals surface area contributed by atoms with Crippen molar-refractivity contribution in [1.29, 1.82) is 0 Å². The lowest BCUT2D eigenvalue weighted by Gasteiger charge is -1.98. The van der Waals surface area contributed by atoms with E-state index in [1.54, 1.807) is 6.08 Å². The number of carboxylic acid groups (broad SMARTS) is 1. The van der Waals surface area contributed by atoms with Crippen molar-refractivity contribution in [3.63, 3.8) is 0 Å². The van der Waals surface area contributed by atoms with Gasteiger partial charge in [0.1, 0.15) is 0 Å². The maximum Gasteiger partial charge on any atom is 0.321 e. The minimum atomic E-state index is -0.751. The molecule has 0 aromatic rings. The molecule has 1 aliphatic heterocycles. The maximum absolute atomic E-state index is 11.1. The lowest BCUT2D eigenvalue weighted by Crippen LogP contribution is -2.03. The van der Waals surface area contributed by atoms with Crippen LogP contribution in [-0.4, -0.2) is 23.0 Å². The number of hydrogen-bond acceptors (Lipinski definition) is 4. The predicted octanol–water partition coefficient (Wildman–Crippen LogP) is 7.87. The van der Waals surface area contributed by atoms with E-state index < -0.39 is 23.8 Å². The summed E-state index contributed by atoms with van der Waals surface area (Å²) in [5.41, 5.74) is 0. The van der Waals surface area contributed by atoms with Gasteiger partial charge in [0, 0.05) is 6.42 Å². The van der Waals surface area contributed by atoms with Gasteiger partial charge in [-0.2, -0.15) is 0 Å². The summed E-state index contributed by atoms with van der Waals surface area (Å²) in [5, 5.41) is 8.44. The number of cyclic esters (lactones) is 2. The molecule has 1 N–H and O–H groups in total. The number of rotatable bonds is 14. The first-order valence-corrected chi connectivity index (χ1v) is 12.6. The van der Waals surface area contributed by atoms with Crippen molar-refractivity contribution in [3.05, 3.63) is 12.2 Å². The lowest BCUT2D eigenvalue weighted by molar-refractivity contribution is -0.152. The molecule has 1 aliphatic rings. The predicted molar refractivity (Wildman–Crippen MR) is 130 cm³/mol. The number of unbranched alkanes of at least 4 members (excludes halogenated alkanes) is 10. The van der Waals surface area contributed by atoms with E-state index in [1.165, 1.54) is 44.9 Å². The number of aliphatic carboxylic acids is 1. The van der Waals surface area contributed by atoms with Crippen molar-refractivity contribution in [2.24, 2.45) is 5.92 Å². The average molecular weight is 443 g/mol. The summed E-state index contributed by atoms with van der Waals surface area (Å²) in [6, 6.07) is 0. The zero-order chi connectivity index (χ0) is 24.3. The van der Waals surface area contributed by atoms with Crippen molar-refractivity contribution in [3.8, 4) is 0 Å². The Morgan fingerprint density at radius 2 is 1.35 bits per heavy atom. The third-order valence-electron chi connectivity index (χ3n) is 4.49. The van der Waals surface area contributed by atoms with Crippen LogP contribution in [0.1, 0.15) is 131 Å². The number of ether oxygens (including phenoxy) is 1. The molecule has 31 heavy (non-hydrogen) atoms. The fourth-order valence-corrected chi connectivity index (χ4v) is 2.82. The molecular formula is C26H50O5. The summed E-state index contributed by atoms with van der Waals surface area (Å²) < 4.78 is 4.42. The molecule has 0 aromatic heterocycles. The zero-order valence-corrected chi connectivity index (χ0v) is 21.2. The van der Waals surface area contributed by atoms with Crippen molar-refractivity contribution in [2.45, 2.75) is 131 Å². The fourth-order valence-electron chi connectivity index (χ4n) is 2.82. The van der Waals surface area contributed by atoms with Crippen molar-refractivity contribution >= 4 is 17.9 Å². The Morgan fingerprint density at radius 3 is 1.81 bits per heavy atom. The van der Waals surface area contributed by atoms with Crippen molar-refractivity contribution < 1.29 is 24.2 Å². The molecule has 1 atom stereocenters. The Balaban J connectivity index is -0.000000509. The Hall–Kier alpha value is -1.65. The lowest BCUT2D eigenvalue weighted by atomic mass is 10.1. The highest BCUT2D eigenvalue weighted by atomic mass is 16.6. The molecule has 0 aromatic carbocycles. The van der Waals surface area contributed by atoms with Crippen LogP contribution in [0.4, 0.5) is 0 Å². The fraction of sp³-hybridized carbons (Fsp3) is 0.808. The van der Waals surface area contributed by atoms with Crippen LogP contribution in [0.3, 0.4) is 0 Å². The quantitative estimate of drug-likeness (QED) is 0.128. The molecule has 0 amide bonds. The van der Waals surface area contributed by atoms with Gasteiger partial charge in [-0.1, -0.05) is 111 Å². The van der Waals surface area contributed by atoms with E-state index in [9.17, 15) is 14.4 Å². The first kappa shape index (κ1) is 34.0. The van der Waals surface area contributed by atoms with Gasteiger partial charge in [-0.15, -0.1) is 0 Å². The van der Waals surface area contributed by atoms with Gasteiger partial charge < -0.3 is 9.84 Å². The van der Waals surface area contributed by atoms with E-state index in [0.29, 0.717) is 6.42 Å². The van der Waals surface area contributed by atoms with E-state index in [4.69, 9.17) is 5.11 Å². The van der Waals surface area contributed by atoms with Crippen molar-refractivity contribution in [2.75, 3.05) is 0 Å². The number of hydrogen-bond donors (Lipinski definition) is 1. The Bertz CT molecular complexity index is 437. The van der Waals surface area contributed by atoms with Crippen LogP contribution in [0.15, 0.2) is 12.2 Å². The number of carbonyl (C=O) groups is 3. The topological polar surface area (TPSA) is 80.7 Å². The summed E-state index contributed by atoms with van der Waals surface area (Å²) >= 11 is 0. The van der Waals surface area contributed by atoms with Crippen LogP contribution in [-0.2, 0) is 19.1 Å². The molecule has 1 unspecified atom stereocenters. The van der Waals surface area contributed by atoms with Crippen LogP contribution in [0.5, 0.6) is 0 Å². The summed E-state index contributed by atoms with van der Waals surface area (Å²) in [4.78, 5) is 32.2. The van der Waals surface area contributed by atoms with Crippen LogP contribution in [0.2, 0.25) is 0 Å². The van der Waals surface area contributed by atoms with Gasteiger partial charge in [-0.05, 0) is 19.3 Å². The summed E-state index contributed by atoms with van der Waals surface area (Å²) in [5.74, 6) is -2.08. The molecular weight excluding hydrogens is 392 g/mol. The summed E-state index contributed by atoms with van der Waals surface area (Å²) in [6.45, 7) is 12.5. The van der Waals surface area contributed by atoms with E-state index in [1.807, 2.05) is 33.8 Å². The Kier molecular flexibility index (Phi) is 31.1. The van der Waals surface area contributed by atoms with E-state index in [-0.39, 0.29) is 12.8 Å². The van der Waals surface area contributed by atoms with Gasteiger partial charge >= 0.3 is 17.9 Å². The second kappa shape index (κ2) is 28.4. The first-order valence-electron chi connectivity index (χ1n) is 12.6. The standard InChI is InChI=1S/C13H18O5.C9H20.2C2H6/c14-11(15)8-6-4-2-1-3-5-7-10-9-12(16)18-13(10)17;1-3-5-7-9-8-6-4-2;2*1-2/h5,7,10H,1-4,6,8-9H2,(H,14,15);3-9H2,1-2H3;2*1-2H3/b7-5-;;;. The highest BCUT2D eigenvalue weighted by molar-refractivity contribution is 5.95. The smallest absolute Gasteiger partial charge is 0.321 e. The number of carbonyl (C=O) groups excluding carboxylic acids is 2. The van der Waals surface area contributed by atoms with Crippen LogP contribution >= 0.6 is 0 Å². The number of carboxylic acids is 1. The van der Waals surface area contributed by atoms with E-state index in [2.05, 4.69) is 18.6 Å². The van der Waals surface area contributed by atoms with Gasteiger partial charge in [0.05, 0.1) is 12.3 Å². The summed E-state index contributed by atoms with van der Waals surface area (Å²) in [6.07, 6.45) is 18.4. The number of esters is 2. The second-order valence-electron chi connectivity index (χ2n) is 7.15. The van der Waals surface area contributed by atoms with Crippen molar-refractivity contribution in [1.82, 2.24) is 0 Å². The van der Waals surface area contributed by atoms with Gasteiger partial charge in [0.15, 0.2) is 0 Å². The molecule has 0 saturated carbocycles. The van der Waals surface area contributed by atoms with Crippen LogP contribution in [0, 0.1) is 5.92 Å². The molecule has 5 heteroatoms. The van der Waals surface area contributed by atoms with Gasteiger partial charge in [-0.25, -0.2) is 0 Å². The van der Waals surface area contributed by atoms with Crippen LogP contribution in [0.25, 0.3) is 0 Å². The first-order chi connectivity index (χ1) is 15.0. The second-order valence-corrected chi connectivity index (χ2v) is 7.15.